The van der Waals surface area contributed by atoms with Crippen LogP contribution in [0.15, 0.2) is 35.3 Å². The molecule has 0 radical (unpaired) electrons. The molecule has 5 heteroatoms. The molecule has 1 aromatic carbocycles. The summed E-state index contributed by atoms with van der Waals surface area (Å²) in [5, 5.41) is 6.85. The van der Waals surface area contributed by atoms with Crippen LogP contribution < -0.4 is 10.6 Å². The van der Waals surface area contributed by atoms with Gasteiger partial charge in [-0.25, -0.2) is 0 Å². The van der Waals surface area contributed by atoms with Gasteiger partial charge in [-0.05, 0) is 37.9 Å². The van der Waals surface area contributed by atoms with Crippen molar-refractivity contribution >= 4 is 29.9 Å². The van der Waals surface area contributed by atoms with Gasteiger partial charge in [0.05, 0.1) is 0 Å². The Bertz CT molecular complexity index is 436. The molecular formula is C17H29IN4. The predicted molar refractivity (Wildman–Crippen MR) is 105 cm³/mol. The first-order valence-corrected chi connectivity index (χ1v) is 8.06. The van der Waals surface area contributed by atoms with E-state index in [-0.39, 0.29) is 24.0 Å². The molecule has 1 unspecified atom stereocenters. The van der Waals surface area contributed by atoms with Gasteiger partial charge in [-0.15, -0.1) is 24.0 Å². The first-order chi connectivity index (χ1) is 10.3. The number of halogens is 1. The average molecular weight is 416 g/mol. The van der Waals surface area contributed by atoms with Gasteiger partial charge in [0.25, 0.3) is 0 Å². The van der Waals surface area contributed by atoms with E-state index in [4.69, 9.17) is 0 Å². The fourth-order valence-electron chi connectivity index (χ4n) is 2.95. The molecule has 1 aliphatic rings. The number of nitrogens with one attached hydrogen (secondary N) is 2. The van der Waals surface area contributed by atoms with Crippen LogP contribution in [0, 0.1) is 0 Å². The Kier molecular flexibility index (Phi) is 9.47. The molecule has 0 saturated carbocycles. The maximum absolute atomic E-state index is 4.31. The number of hydrogen-bond donors (Lipinski definition) is 2. The van der Waals surface area contributed by atoms with Crippen LogP contribution in [0.5, 0.6) is 0 Å². The first kappa shape index (κ1) is 19.2. The Morgan fingerprint density at radius 2 is 2.05 bits per heavy atom. The molecular weight excluding hydrogens is 387 g/mol. The molecule has 2 N–H and O–H groups in total. The zero-order valence-corrected chi connectivity index (χ0v) is 16.0. The van der Waals surface area contributed by atoms with Crippen LogP contribution in [-0.2, 0) is 6.42 Å². The first-order valence-electron chi connectivity index (χ1n) is 8.06. The number of benzene rings is 1. The van der Waals surface area contributed by atoms with Crippen LogP contribution in [0.3, 0.4) is 0 Å². The Hall–Kier alpha value is -0.820. The lowest BCUT2D eigenvalue weighted by atomic mass is 10.1. The fourth-order valence-corrected chi connectivity index (χ4v) is 2.95. The third-order valence-corrected chi connectivity index (χ3v) is 4.18. The van der Waals surface area contributed by atoms with E-state index in [9.17, 15) is 0 Å². The number of nitrogens with zero attached hydrogens (tertiary/aromatic N) is 2. The normalized spacial score (nSPS) is 18.8. The van der Waals surface area contributed by atoms with Gasteiger partial charge in [-0.3, -0.25) is 9.89 Å². The van der Waals surface area contributed by atoms with Crippen molar-refractivity contribution in [1.29, 1.82) is 0 Å². The van der Waals surface area contributed by atoms with E-state index in [1.807, 2.05) is 7.05 Å². The van der Waals surface area contributed by atoms with E-state index in [2.05, 4.69) is 57.8 Å². The SMILES string of the molecule is CCN1CCCC1CNC(=NC)NCCc1ccccc1.I. The Labute approximate surface area is 151 Å². The third kappa shape index (κ3) is 6.12. The van der Waals surface area contributed by atoms with Gasteiger partial charge in [0.1, 0.15) is 0 Å². The molecule has 1 aliphatic heterocycles. The van der Waals surface area contributed by atoms with Crippen molar-refractivity contribution < 1.29 is 0 Å². The van der Waals surface area contributed by atoms with E-state index < -0.39 is 0 Å². The number of likely N-dealkylation sites (tertiary alicyclic amines) is 1. The standard InChI is InChI=1S/C17H28N4.HI/c1-3-21-13-7-10-16(21)14-20-17(18-2)19-12-11-15-8-5-4-6-9-15;/h4-6,8-9,16H,3,7,10-14H2,1-2H3,(H2,18,19,20);1H. The van der Waals surface area contributed by atoms with Crippen molar-refractivity contribution in [3.8, 4) is 0 Å². The van der Waals surface area contributed by atoms with Gasteiger partial charge < -0.3 is 10.6 Å². The fraction of sp³-hybridized carbons (Fsp3) is 0.588. The van der Waals surface area contributed by atoms with Crippen molar-refractivity contribution in [1.82, 2.24) is 15.5 Å². The van der Waals surface area contributed by atoms with Crippen molar-refractivity contribution in [2.45, 2.75) is 32.2 Å². The van der Waals surface area contributed by atoms with Crippen LogP contribution in [0.2, 0.25) is 0 Å². The molecule has 0 aliphatic carbocycles. The van der Waals surface area contributed by atoms with Gasteiger partial charge in [-0.1, -0.05) is 37.3 Å². The van der Waals surface area contributed by atoms with Crippen molar-refractivity contribution in [3.05, 3.63) is 35.9 Å². The predicted octanol–water partition coefficient (Wildman–Crippen LogP) is 2.50. The van der Waals surface area contributed by atoms with Crippen LogP contribution in [0.4, 0.5) is 0 Å². The topological polar surface area (TPSA) is 39.7 Å². The summed E-state index contributed by atoms with van der Waals surface area (Å²) in [6.45, 7) is 6.52. The Morgan fingerprint density at radius 1 is 1.27 bits per heavy atom. The van der Waals surface area contributed by atoms with E-state index in [1.165, 1.54) is 24.9 Å². The average Bonchev–Trinajstić information content (AvgIpc) is 2.99. The van der Waals surface area contributed by atoms with E-state index in [1.54, 1.807) is 0 Å². The number of rotatable bonds is 6. The molecule has 1 aromatic rings. The number of hydrogen-bond acceptors (Lipinski definition) is 2. The molecule has 1 saturated heterocycles. The van der Waals surface area contributed by atoms with Crippen molar-refractivity contribution in [2.24, 2.45) is 4.99 Å². The molecule has 0 bridgehead atoms. The summed E-state index contributed by atoms with van der Waals surface area (Å²) >= 11 is 0. The second kappa shape index (κ2) is 10.8. The van der Waals surface area contributed by atoms with Gasteiger partial charge in [-0.2, -0.15) is 0 Å². The second-order valence-corrected chi connectivity index (χ2v) is 5.54. The number of likely N-dealkylation sites (N-methyl/N-ethyl adjacent to an activating group) is 1. The van der Waals surface area contributed by atoms with Gasteiger partial charge in [0.2, 0.25) is 0 Å². The van der Waals surface area contributed by atoms with Crippen molar-refractivity contribution in [2.75, 3.05) is 33.2 Å². The molecule has 4 nitrogen and oxygen atoms in total. The van der Waals surface area contributed by atoms with Crippen LogP contribution >= 0.6 is 24.0 Å². The summed E-state index contributed by atoms with van der Waals surface area (Å²) in [4.78, 5) is 6.85. The van der Waals surface area contributed by atoms with Crippen LogP contribution in [-0.4, -0.2) is 50.1 Å². The summed E-state index contributed by atoms with van der Waals surface area (Å²) in [7, 11) is 1.84. The van der Waals surface area contributed by atoms with Gasteiger partial charge in [0, 0.05) is 26.2 Å². The molecule has 22 heavy (non-hydrogen) atoms. The number of aliphatic imine (C=N–C) groups is 1. The molecule has 0 spiro atoms. The zero-order chi connectivity index (χ0) is 14.9. The van der Waals surface area contributed by atoms with Crippen LogP contribution in [0.1, 0.15) is 25.3 Å². The molecule has 0 aromatic heterocycles. The van der Waals surface area contributed by atoms with Crippen LogP contribution in [0.25, 0.3) is 0 Å². The van der Waals surface area contributed by atoms with Crippen molar-refractivity contribution in [3.63, 3.8) is 0 Å². The van der Waals surface area contributed by atoms with E-state index in [0.717, 1.165) is 32.0 Å². The molecule has 1 fully saturated rings. The highest BCUT2D eigenvalue weighted by Gasteiger charge is 2.22. The molecule has 1 heterocycles. The maximum atomic E-state index is 4.31. The highest BCUT2D eigenvalue weighted by molar-refractivity contribution is 14.0. The summed E-state index contributed by atoms with van der Waals surface area (Å²) in [5.74, 6) is 0.911. The van der Waals surface area contributed by atoms with E-state index >= 15 is 0 Å². The monoisotopic (exact) mass is 416 g/mol. The summed E-state index contributed by atoms with van der Waals surface area (Å²) in [6.07, 6.45) is 3.63. The molecule has 2 rings (SSSR count). The lowest BCUT2D eigenvalue weighted by Gasteiger charge is -2.24. The van der Waals surface area contributed by atoms with E-state index in [0.29, 0.717) is 6.04 Å². The smallest absolute Gasteiger partial charge is 0.191 e. The summed E-state index contributed by atoms with van der Waals surface area (Å²) in [5.41, 5.74) is 1.36. The lowest BCUT2D eigenvalue weighted by Crippen LogP contribution is -2.45. The molecule has 124 valence electrons. The Balaban J connectivity index is 0.00000242. The highest BCUT2D eigenvalue weighted by Crippen LogP contribution is 2.15. The minimum atomic E-state index is 0. The highest BCUT2D eigenvalue weighted by atomic mass is 127. The minimum Gasteiger partial charge on any atom is -0.356 e. The lowest BCUT2D eigenvalue weighted by molar-refractivity contribution is 0.267. The summed E-state index contributed by atoms with van der Waals surface area (Å²) in [6, 6.07) is 11.2. The quantitative estimate of drug-likeness (QED) is 0.425. The largest absolute Gasteiger partial charge is 0.356 e. The molecule has 1 atom stereocenters. The van der Waals surface area contributed by atoms with Gasteiger partial charge >= 0.3 is 0 Å². The maximum Gasteiger partial charge on any atom is 0.191 e. The number of guanidine groups is 1. The minimum absolute atomic E-state index is 0. The molecule has 0 amide bonds. The third-order valence-electron chi connectivity index (χ3n) is 4.18. The second-order valence-electron chi connectivity index (χ2n) is 5.54. The summed E-state index contributed by atoms with van der Waals surface area (Å²) < 4.78 is 0. The zero-order valence-electron chi connectivity index (χ0n) is 13.7. The van der Waals surface area contributed by atoms with Gasteiger partial charge in [0.15, 0.2) is 5.96 Å². The Morgan fingerprint density at radius 3 is 2.73 bits per heavy atom.